The predicted octanol–water partition coefficient (Wildman–Crippen LogP) is 1.26. The standard InChI is InChI=1S/C13H16N2O4/c16-11-5-9(7-14-8-11)13(19)15-4-2-1-3-10(15)6-12(17)18/h5,7-8,10,16H,1-4,6H2,(H,17,18)/t10-/m1/s1. The van der Waals surface area contributed by atoms with Crippen LogP contribution in [-0.2, 0) is 4.79 Å². The fourth-order valence-corrected chi connectivity index (χ4v) is 2.39. The van der Waals surface area contributed by atoms with Crippen molar-refractivity contribution in [1.29, 1.82) is 0 Å². The molecule has 2 heterocycles. The van der Waals surface area contributed by atoms with Gasteiger partial charge in [0.1, 0.15) is 5.75 Å². The van der Waals surface area contributed by atoms with Gasteiger partial charge in [0.05, 0.1) is 18.2 Å². The maximum Gasteiger partial charge on any atom is 0.305 e. The molecule has 6 heteroatoms. The number of piperidine rings is 1. The Bertz CT molecular complexity index is 489. The van der Waals surface area contributed by atoms with Crippen molar-refractivity contribution in [3.05, 3.63) is 24.0 Å². The average molecular weight is 264 g/mol. The Hall–Kier alpha value is -2.11. The Labute approximate surface area is 110 Å². The van der Waals surface area contributed by atoms with E-state index in [0.29, 0.717) is 13.0 Å². The summed E-state index contributed by atoms with van der Waals surface area (Å²) in [7, 11) is 0. The molecule has 102 valence electrons. The van der Waals surface area contributed by atoms with Crippen molar-refractivity contribution in [1.82, 2.24) is 9.88 Å². The molecule has 0 aromatic carbocycles. The van der Waals surface area contributed by atoms with Gasteiger partial charge in [0.15, 0.2) is 0 Å². The zero-order valence-corrected chi connectivity index (χ0v) is 10.5. The number of carbonyl (C=O) groups excluding carboxylic acids is 1. The first-order chi connectivity index (χ1) is 9.08. The van der Waals surface area contributed by atoms with E-state index >= 15 is 0 Å². The number of carboxylic acids is 1. The van der Waals surface area contributed by atoms with Crippen LogP contribution in [0.15, 0.2) is 18.5 Å². The van der Waals surface area contributed by atoms with Gasteiger partial charge in [0, 0.05) is 18.8 Å². The molecule has 1 amide bonds. The number of carboxylic acid groups (broad SMARTS) is 1. The molecule has 0 saturated carbocycles. The van der Waals surface area contributed by atoms with Crippen molar-refractivity contribution in [3.8, 4) is 5.75 Å². The van der Waals surface area contributed by atoms with Gasteiger partial charge in [-0.05, 0) is 25.3 Å². The van der Waals surface area contributed by atoms with Gasteiger partial charge < -0.3 is 15.1 Å². The van der Waals surface area contributed by atoms with E-state index in [1.54, 1.807) is 4.90 Å². The Kier molecular flexibility index (Phi) is 3.99. The first-order valence-electron chi connectivity index (χ1n) is 6.24. The second-order valence-corrected chi connectivity index (χ2v) is 4.68. The summed E-state index contributed by atoms with van der Waals surface area (Å²) < 4.78 is 0. The van der Waals surface area contributed by atoms with Crippen LogP contribution in [0.5, 0.6) is 5.75 Å². The lowest BCUT2D eigenvalue weighted by atomic mass is 9.98. The molecule has 1 atom stereocenters. The highest BCUT2D eigenvalue weighted by Gasteiger charge is 2.29. The van der Waals surface area contributed by atoms with Gasteiger partial charge in [-0.15, -0.1) is 0 Å². The molecule has 0 radical (unpaired) electrons. The van der Waals surface area contributed by atoms with Crippen molar-refractivity contribution in [2.24, 2.45) is 0 Å². The molecule has 0 bridgehead atoms. The van der Waals surface area contributed by atoms with E-state index in [1.165, 1.54) is 18.5 Å². The minimum Gasteiger partial charge on any atom is -0.506 e. The van der Waals surface area contributed by atoms with Gasteiger partial charge in [-0.1, -0.05) is 0 Å². The highest BCUT2D eigenvalue weighted by atomic mass is 16.4. The Morgan fingerprint density at radius 3 is 2.84 bits per heavy atom. The molecule has 1 aliphatic heterocycles. The smallest absolute Gasteiger partial charge is 0.305 e. The van der Waals surface area contributed by atoms with Crippen LogP contribution in [0.4, 0.5) is 0 Å². The molecule has 2 N–H and O–H groups in total. The summed E-state index contributed by atoms with van der Waals surface area (Å²) in [6.45, 7) is 0.548. The minimum atomic E-state index is -0.904. The maximum atomic E-state index is 12.3. The van der Waals surface area contributed by atoms with Gasteiger partial charge in [-0.25, -0.2) is 0 Å². The topological polar surface area (TPSA) is 90.7 Å². The lowest BCUT2D eigenvalue weighted by molar-refractivity contribution is -0.138. The second kappa shape index (κ2) is 5.69. The number of nitrogens with zero attached hydrogens (tertiary/aromatic N) is 2. The molecular weight excluding hydrogens is 248 g/mol. The van der Waals surface area contributed by atoms with E-state index in [4.69, 9.17) is 5.11 Å². The van der Waals surface area contributed by atoms with E-state index in [9.17, 15) is 14.7 Å². The third kappa shape index (κ3) is 3.21. The zero-order valence-electron chi connectivity index (χ0n) is 10.5. The van der Waals surface area contributed by atoms with Crippen molar-refractivity contribution in [2.75, 3.05) is 6.54 Å². The van der Waals surface area contributed by atoms with E-state index in [0.717, 1.165) is 12.8 Å². The number of aromatic nitrogens is 1. The Morgan fingerprint density at radius 1 is 1.37 bits per heavy atom. The zero-order chi connectivity index (χ0) is 13.8. The number of hydrogen-bond donors (Lipinski definition) is 2. The predicted molar refractivity (Wildman–Crippen MR) is 66.8 cm³/mol. The highest BCUT2D eigenvalue weighted by molar-refractivity contribution is 5.94. The summed E-state index contributed by atoms with van der Waals surface area (Å²) in [5.74, 6) is -1.24. The second-order valence-electron chi connectivity index (χ2n) is 4.68. The molecule has 2 rings (SSSR count). The number of rotatable bonds is 3. The van der Waals surface area contributed by atoms with Crippen LogP contribution in [0, 0.1) is 0 Å². The molecule has 0 aliphatic carbocycles. The summed E-state index contributed by atoms with van der Waals surface area (Å²) in [5.41, 5.74) is 0.289. The lowest BCUT2D eigenvalue weighted by Crippen LogP contribution is -2.44. The number of aliphatic carboxylic acids is 1. The lowest BCUT2D eigenvalue weighted by Gasteiger charge is -2.35. The van der Waals surface area contributed by atoms with Gasteiger partial charge in [0.25, 0.3) is 5.91 Å². The Balaban J connectivity index is 2.17. The Morgan fingerprint density at radius 2 is 2.16 bits per heavy atom. The third-order valence-corrected chi connectivity index (χ3v) is 3.27. The van der Waals surface area contributed by atoms with Crippen LogP contribution in [0.2, 0.25) is 0 Å². The molecule has 1 fully saturated rings. The van der Waals surface area contributed by atoms with E-state index in [-0.39, 0.29) is 29.7 Å². The molecule has 6 nitrogen and oxygen atoms in total. The fraction of sp³-hybridized carbons (Fsp3) is 0.462. The molecule has 1 saturated heterocycles. The van der Waals surface area contributed by atoms with Crippen molar-refractivity contribution >= 4 is 11.9 Å². The molecule has 19 heavy (non-hydrogen) atoms. The van der Waals surface area contributed by atoms with Crippen molar-refractivity contribution < 1.29 is 19.8 Å². The molecule has 0 spiro atoms. The van der Waals surface area contributed by atoms with Crippen LogP contribution < -0.4 is 0 Å². The first kappa shape index (κ1) is 13.3. The van der Waals surface area contributed by atoms with Gasteiger partial charge >= 0.3 is 5.97 Å². The molecule has 1 aromatic heterocycles. The molecule has 1 aliphatic rings. The summed E-state index contributed by atoms with van der Waals surface area (Å²) in [5, 5.41) is 18.2. The number of amides is 1. The van der Waals surface area contributed by atoms with Crippen molar-refractivity contribution in [3.63, 3.8) is 0 Å². The fourth-order valence-electron chi connectivity index (χ4n) is 2.39. The van der Waals surface area contributed by atoms with Crippen LogP contribution >= 0.6 is 0 Å². The normalized spacial score (nSPS) is 19.2. The summed E-state index contributed by atoms with van der Waals surface area (Å²) >= 11 is 0. The largest absolute Gasteiger partial charge is 0.506 e. The number of hydrogen-bond acceptors (Lipinski definition) is 4. The molecule has 1 aromatic rings. The van der Waals surface area contributed by atoms with Crippen molar-refractivity contribution in [2.45, 2.75) is 31.7 Å². The monoisotopic (exact) mass is 264 g/mol. The van der Waals surface area contributed by atoms with Gasteiger partial charge in [0.2, 0.25) is 0 Å². The summed E-state index contributed by atoms with van der Waals surface area (Å²) in [6, 6.07) is 1.07. The third-order valence-electron chi connectivity index (χ3n) is 3.27. The molecule has 0 unspecified atom stereocenters. The summed E-state index contributed by atoms with van der Waals surface area (Å²) in [4.78, 5) is 28.5. The number of aromatic hydroxyl groups is 1. The van der Waals surface area contributed by atoms with E-state index in [2.05, 4.69) is 4.98 Å². The number of likely N-dealkylation sites (tertiary alicyclic amines) is 1. The van der Waals surface area contributed by atoms with Gasteiger partial charge in [-0.2, -0.15) is 0 Å². The quantitative estimate of drug-likeness (QED) is 0.857. The SMILES string of the molecule is O=C(O)C[C@H]1CCCCN1C(=O)c1cncc(O)c1. The first-order valence-corrected chi connectivity index (χ1v) is 6.24. The van der Waals surface area contributed by atoms with Gasteiger partial charge in [-0.3, -0.25) is 14.6 Å². The summed E-state index contributed by atoms with van der Waals surface area (Å²) in [6.07, 6.45) is 5.09. The van der Waals surface area contributed by atoms with Crippen LogP contribution in [0.25, 0.3) is 0 Å². The van der Waals surface area contributed by atoms with Crippen LogP contribution in [0.1, 0.15) is 36.0 Å². The highest BCUT2D eigenvalue weighted by Crippen LogP contribution is 2.22. The molecular formula is C13H16N2O4. The minimum absolute atomic E-state index is 0.0437. The van der Waals surface area contributed by atoms with Crippen LogP contribution in [-0.4, -0.2) is 44.6 Å². The van der Waals surface area contributed by atoms with E-state index in [1.807, 2.05) is 0 Å². The number of pyridine rings is 1. The maximum absolute atomic E-state index is 12.3. The van der Waals surface area contributed by atoms with Crippen LogP contribution in [0.3, 0.4) is 0 Å². The van der Waals surface area contributed by atoms with E-state index < -0.39 is 5.97 Å². The average Bonchev–Trinajstić information content (AvgIpc) is 2.38. The number of carbonyl (C=O) groups is 2.